The molecular weight excluding hydrogens is 266 g/mol. The molecule has 2 saturated heterocycles. The minimum atomic E-state index is -0.201. The number of anilines is 1. The summed E-state index contributed by atoms with van der Waals surface area (Å²) in [4.78, 5) is 27.4. The summed E-state index contributed by atoms with van der Waals surface area (Å²) >= 11 is 0. The first-order chi connectivity index (χ1) is 10.1. The second-order valence-electron chi connectivity index (χ2n) is 6.36. The first kappa shape index (κ1) is 12.7. The molecule has 3 aliphatic rings. The highest BCUT2D eigenvalue weighted by Crippen LogP contribution is 2.50. The first-order valence-electron chi connectivity index (χ1n) is 7.55. The number of piperidine rings is 1. The molecule has 21 heavy (non-hydrogen) atoms. The summed E-state index contributed by atoms with van der Waals surface area (Å²) in [5.74, 6) is 0.970. The number of benzene rings is 1. The van der Waals surface area contributed by atoms with Crippen molar-refractivity contribution >= 4 is 17.6 Å². The number of rotatable bonds is 2. The van der Waals surface area contributed by atoms with Gasteiger partial charge >= 0.3 is 6.03 Å². The molecule has 1 aromatic rings. The van der Waals surface area contributed by atoms with Crippen LogP contribution in [0.15, 0.2) is 24.3 Å². The Bertz CT molecular complexity index is 603. The van der Waals surface area contributed by atoms with Gasteiger partial charge in [-0.1, -0.05) is 12.1 Å². The average Bonchev–Trinajstić information content (AvgIpc) is 2.93. The van der Waals surface area contributed by atoms with Crippen molar-refractivity contribution in [3.63, 3.8) is 0 Å². The maximum absolute atomic E-state index is 11.9. The van der Waals surface area contributed by atoms with E-state index in [1.54, 1.807) is 0 Å². The maximum atomic E-state index is 11.9. The van der Waals surface area contributed by atoms with E-state index in [9.17, 15) is 9.59 Å². The van der Waals surface area contributed by atoms with Gasteiger partial charge in [0.1, 0.15) is 0 Å². The molecule has 2 heterocycles. The van der Waals surface area contributed by atoms with Crippen LogP contribution in [0.5, 0.6) is 0 Å². The van der Waals surface area contributed by atoms with E-state index in [0.717, 1.165) is 13.1 Å². The van der Waals surface area contributed by atoms with E-state index in [-0.39, 0.29) is 11.9 Å². The van der Waals surface area contributed by atoms with Crippen LogP contribution in [0.25, 0.3) is 0 Å². The second kappa shape index (κ2) is 4.48. The predicted molar refractivity (Wildman–Crippen MR) is 79.0 cm³/mol. The van der Waals surface area contributed by atoms with E-state index >= 15 is 0 Å². The molecule has 5 heteroatoms. The number of hydrogen-bond donors (Lipinski definition) is 1. The predicted octanol–water partition coefficient (Wildman–Crippen LogP) is 1.37. The van der Waals surface area contributed by atoms with Crippen LogP contribution in [0.1, 0.15) is 12.0 Å². The van der Waals surface area contributed by atoms with Crippen molar-refractivity contribution in [1.29, 1.82) is 0 Å². The molecular formula is C16H19N3O2. The molecule has 3 fully saturated rings. The van der Waals surface area contributed by atoms with E-state index in [4.69, 9.17) is 0 Å². The van der Waals surface area contributed by atoms with Gasteiger partial charge in [0.2, 0.25) is 5.91 Å². The van der Waals surface area contributed by atoms with Gasteiger partial charge in [-0.2, -0.15) is 0 Å². The number of urea groups is 1. The molecule has 1 aliphatic carbocycles. The Hall–Kier alpha value is -2.04. The molecule has 2 unspecified atom stereocenters. The molecule has 2 aliphatic heterocycles. The van der Waals surface area contributed by atoms with Gasteiger partial charge in [-0.05, 0) is 24.6 Å². The molecule has 5 nitrogen and oxygen atoms in total. The Morgan fingerprint density at radius 1 is 1.19 bits per heavy atom. The summed E-state index contributed by atoms with van der Waals surface area (Å²) in [5, 5.41) is 2.42. The van der Waals surface area contributed by atoms with Crippen LogP contribution >= 0.6 is 0 Å². The summed E-state index contributed by atoms with van der Waals surface area (Å²) in [6.07, 6.45) is 0.434. The lowest BCUT2D eigenvalue weighted by molar-refractivity contribution is -0.121. The lowest BCUT2D eigenvalue weighted by Crippen LogP contribution is -2.52. The number of carbonyl (C=O) groups excluding carboxylic acids is 2. The Morgan fingerprint density at radius 2 is 1.95 bits per heavy atom. The molecule has 110 valence electrons. The van der Waals surface area contributed by atoms with Crippen LogP contribution in [0.2, 0.25) is 0 Å². The fourth-order valence-corrected chi connectivity index (χ4v) is 3.85. The van der Waals surface area contributed by atoms with Gasteiger partial charge in [0.05, 0.1) is 0 Å². The van der Waals surface area contributed by atoms with Crippen molar-refractivity contribution in [3.8, 4) is 0 Å². The molecule has 1 saturated carbocycles. The van der Waals surface area contributed by atoms with Crippen molar-refractivity contribution in [2.24, 2.45) is 11.8 Å². The van der Waals surface area contributed by atoms with E-state index in [1.807, 2.05) is 4.90 Å². The van der Waals surface area contributed by atoms with Crippen LogP contribution in [-0.4, -0.2) is 42.5 Å². The van der Waals surface area contributed by atoms with E-state index in [1.165, 1.54) is 11.3 Å². The zero-order valence-electron chi connectivity index (χ0n) is 12.1. The van der Waals surface area contributed by atoms with Crippen molar-refractivity contribution in [3.05, 3.63) is 29.8 Å². The number of nitrogens with one attached hydrogen (secondary N) is 1. The van der Waals surface area contributed by atoms with Gasteiger partial charge in [-0.3, -0.25) is 10.1 Å². The van der Waals surface area contributed by atoms with Crippen LogP contribution in [-0.2, 0) is 4.79 Å². The molecule has 0 aromatic heterocycles. The highest BCUT2D eigenvalue weighted by molar-refractivity contribution is 5.97. The SMILES string of the molecule is Cc1cccc(N2CC3C(C2)C3N2CCC(=O)NC2=O)c1. The zero-order chi connectivity index (χ0) is 14.6. The molecule has 0 spiro atoms. The quantitative estimate of drug-likeness (QED) is 0.893. The van der Waals surface area contributed by atoms with Crippen molar-refractivity contribution in [1.82, 2.24) is 10.2 Å². The van der Waals surface area contributed by atoms with Gasteiger partial charge in [-0.15, -0.1) is 0 Å². The lowest BCUT2D eigenvalue weighted by Gasteiger charge is -2.30. The van der Waals surface area contributed by atoms with Crippen molar-refractivity contribution < 1.29 is 9.59 Å². The second-order valence-corrected chi connectivity index (χ2v) is 6.36. The van der Waals surface area contributed by atoms with Crippen molar-refractivity contribution in [2.75, 3.05) is 24.5 Å². The Balaban J connectivity index is 1.41. The average molecular weight is 285 g/mol. The summed E-state index contributed by atoms with van der Waals surface area (Å²) in [6, 6.07) is 8.70. The maximum Gasteiger partial charge on any atom is 0.324 e. The minimum Gasteiger partial charge on any atom is -0.371 e. The minimum absolute atomic E-state index is 0.150. The molecule has 3 amide bonds. The summed E-state index contributed by atoms with van der Waals surface area (Å²) < 4.78 is 0. The lowest BCUT2D eigenvalue weighted by atomic mass is 10.2. The van der Waals surface area contributed by atoms with Gasteiger partial charge in [0, 0.05) is 49.6 Å². The number of nitrogens with zero attached hydrogens (tertiary/aromatic N) is 2. The smallest absolute Gasteiger partial charge is 0.324 e. The van der Waals surface area contributed by atoms with Crippen LogP contribution in [0.4, 0.5) is 10.5 Å². The van der Waals surface area contributed by atoms with E-state index in [2.05, 4.69) is 41.4 Å². The van der Waals surface area contributed by atoms with Gasteiger partial charge in [0.25, 0.3) is 0 Å². The summed E-state index contributed by atoms with van der Waals surface area (Å²) in [7, 11) is 0. The molecule has 1 aromatic carbocycles. The third-order valence-electron chi connectivity index (χ3n) is 4.96. The first-order valence-corrected chi connectivity index (χ1v) is 7.55. The molecule has 0 bridgehead atoms. The third kappa shape index (κ3) is 2.07. The molecule has 0 radical (unpaired) electrons. The largest absolute Gasteiger partial charge is 0.371 e. The molecule has 2 atom stereocenters. The van der Waals surface area contributed by atoms with Crippen LogP contribution in [0.3, 0.4) is 0 Å². The number of aryl methyl sites for hydroxylation is 1. The van der Waals surface area contributed by atoms with Crippen LogP contribution < -0.4 is 10.2 Å². The Kier molecular flexibility index (Phi) is 2.71. The van der Waals surface area contributed by atoms with E-state index in [0.29, 0.717) is 30.8 Å². The number of fused-ring (bicyclic) bond motifs is 1. The number of imide groups is 1. The van der Waals surface area contributed by atoms with Crippen molar-refractivity contribution in [2.45, 2.75) is 19.4 Å². The highest BCUT2D eigenvalue weighted by atomic mass is 16.2. The highest BCUT2D eigenvalue weighted by Gasteiger charge is 2.60. The number of carbonyl (C=O) groups is 2. The van der Waals surface area contributed by atoms with Gasteiger partial charge < -0.3 is 9.80 Å². The summed E-state index contributed by atoms with van der Waals surface area (Å²) in [6.45, 7) is 4.71. The number of hydrogen-bond acceptors (Lipinski definition) is 3. The fraction of sp³-hybridized carbons (Fsp3) is 0.500. The Morgan fingerprint density at radius 3 is 2.62 bits per heavy atom. The Labute approximate surface area is 123 Å². The number of amides is 3. The topological polar surface area (TPSA) is 52.6 Å². The standard InChI is InChI=1S/C16H19N3O2/c1-10-3-2-4-11(7-10)18-8-12-13(9-18)15(12)19-6-5-14(20)17-16(19)21/h2-4,7,12-13,15H,5-6,8-9H2,1H3,(H,17,20,21). The monoisotopic (exact) mass is 285 g/mol. The fourth-order valence-electron chi connectivity index (χ4n) is 3.85. The molecule has 1 N–H and O–H groups in total. The van der Waals surface area contributed by atoms with Gasteiger partial charge in [-0.25, -0.2) is 4.79 Å². The normalized spacial score (nSPS) is 31.2. The van der Waals surface area contributed by atoms with Crippen LogP contribution in [0, 0.1) is 18.8 Å². The molecule has 4 rings (SSSR count). The van der Waals surface area contributed by atoms with E-state index < -0.39 is 0 Å². The van der Waals surface area contributed by atoms with Gasteiger partial charge in [0.15, 0.2) is 0 Å². The zero-order valence-corrected chi connectivity index (χ0v) is 12.1. The third-order valence-corrected chi connectivity index (χ3v) is 4.96. The summed E-state index contributed by atoms with van der Waals surface area (Å²) in [5.41, 5.74) is 2.55.